The summed E-state index contributed by atoms with van der Waals surface area (Å²) in [5.41, 5.74) is -1.09. The summed E-state index contributed by atoms with van der Waals surface area (Å²) in [6.07, 6.45) is -0.237. The van der Waals surface area contributed by atoms with E-state index in [1.54, 1.807) is 81.4 Å². The number of alkyl carbamates (subject to hydrolysis) is 1. The van der Waals surface area contributed by atoms with Crippen LogP contribution >= 0.6 is 0 Å². The van der Waals surface area contributed by atoms with E-state index in [1.165, 1.54) is 6.07 Å². The zero-order valence-electron chi connectivity index (χ0n) is 22.8. The molecule has 2 atom stereocenters. The number of ether oxygens (including phenoxy) is 3. The van der Waals surface area contributed by atoms with Gasteiger partial charge in [-0.3, -0.25) is 4.79 Å². The van der Waals surface area contributed by atoms with Crippen LogP contribution in [0, 0.1) is 18.7 Å². The van der Waals surface area contributed by atoms with Crippen molar-refractivity contribution in [3.8, 4) is 0 Å². The highest BCUT2D eigenvalue weighted by molar-refractivity contribution is 5.82. The lowest BCUT2D eigenvalue weighted by Gasteiger charge is -2.28. The van der Waals surface area contributed by atoms with Gasteiger partial charge in [-0.2, -0.15) is 0 Å². The van der Waals surface area contributed by atoms with Crippen molar-refractivity contribution in [3.63, 3.8) is 0 Å². The highest BCUT2D eigenvalue weighted by Crippen LogP contribution is 2.23. The summed E-state index contributed by atoms with van der Waals surface area (Å²) in [7, 11) is 0. The van der Waals surface area contributed by atoms with Crippen molar-refractivity contribution in [1.29, 1.82) is 0 Å². The Bertz CT molecular complexity index is 892. The molecule has 1 rings (SSSR count). The fourth-order valence-electron chi connectivity index (χ4n) is 3.18. The molecule has 0 spiro atoms. The monoisotopic (exact) mass is 495 g/mol. The molecule has 0 aromatic heterocycles. The summed E-state index contributed by atoms with van der Waals surface area (Å²) in [6, 6.07) is 3.78. The van der Waals surface area contributed by atoms with E-state index in [0.29, 0.717) is 11.1 Å². The van der Waals surface area contributed by atoms with Gasteiger partial charge in [0.15, 0.2) is 0 Å². The number of hydrogen-bond acceptors (Lipinski definition) is 6. The normalized spacial score (nSPS) is 14.0. The number of benzene rings is 1. The van der Waals surface area contributed by atoms with Crippen LogP contribution < -0.4 is 5.32 Å². The van der Waals surface area contributed by atoms with Gasteiger partial charge in [0.25, 0.3) is 0 Å². The Morgan fingerprint density at radius 3 is 1.83 bits per heavy atom. The van der Waals surface area contributed by atoms with E-state index in [0.717, 1.165) is 0 Å². The van der Waals surface area contributed by atoms with Crippen molar-refractivity contribution in [2.75, 3.05) is 0 Å². The number of carbonyl (C=O) groups is 3. The first-order chi connectivity index (χ1) is 15.8. The lowest BCUT2D eigenvalue weighted by molar-refractivity contribution is -0.162. The van der Waals surface area contributed by atoms with Gasteiger partial charge in [0.2, 0.25) is 0 Å². The van der Waals surface area contributed by atoms with Gasteiger partial charge in [0.1, 0.15) is 28.7 Å². The van der Waals surface area contributed by atoms with E-state index >= 15 is 0 Å². The maximum atomic E-state index is 14.1. The summed E-state index contributed by atoms with van der Waals surface area (Å²) >= 11 is 0. The molecule has 198 valence electrons. The molecule has 0 aliphatic carbocycles. The molecular weight excluding hydrogens is 453 g/mol. The molecule has 8 heteroatoms. The van der Waals surface area contributed by atoms with Crippen LogP contribution in [0.1, 0.15) is 86.3 Å². The number of aryl methyl sites for hydroxylation is 1. The third-order valence-electron chi connectivity index (χ3n) is 4.64. The molecule has 1 aromatic carbocycles. The third-order valence-corrected chi connectivity index (χ3v) is 4.64. The van der Waals surface area contributed by atoms with Crippen molar-refractivity contribution in [2.45, 2.75) is 111 Å². The Morgan fingerprint density at radius 2 is 1.34 bits per heavy atom. The van der Waals surface area contributed by atoms with Crippen molar-refractivity contribution in [2.24, 2.45) is 5.92 Å². The third kappa shape index (κ3) is 12.6. The molecule has 0 bridgehead atoms. The molecule has 0 fully saturated rings. The van der Waals surface area contributed by atoms with Gasteiger partial charge in [0, 0.05) is 0 Å². The number of esters is 2. The molecule has 35 heavy (non-hydrogen) atoms. The predicted octanol–water partition coefficient (Wildman–Crippen LogP) is 5.65. The minimum Gasteiger partial charge on any atom is -0.460 e. The predicted molar refractivity (Wildman–Crippen MR) is 132 cm³/mol. The van der Waals surface area contributed by atoms with E-state index in [4.69, 9.17) is 14.2 Å². The number of hydrogen-bond donors (Lipinski definition) is 1. The zero-order chi connectivity index (χ0) is 27.2. The van der Waals surface area contributed by atoms with E-state index in [1.807, 2.05) is 0 Å². The second-order valence-corrected chi connectivity index (χ2v) is 11.8. The van der Waals surface area contributed by atoms with Crippen LogP contribution in [0.25, 0.3) is 0 Å². The van der Waals surface area contributed by atoms with Crippen LogP contribution in [-0.4, -0.2) is 40.9 Å². The van der Waals surface area contributed by atoms with Gasteiger partial charge >= 0.3 is 18.0 Å². The van der Waals surface area contributed by atoms with Crippen LogP contribution in [0.4, 0.5) is 9.18 Å². The van der Waals surface area contributed by atoms with Gasteiger partial charge in [-0.15, -0.1) is 0 Å². The molecule has 0 heterocycles. The Hall–Kier alpha value is -2.64. The lowest BCUT2D eigenvalue weighted by Crippen LogP contribution is -2.46. The van der Waals surface area contributed by atoms with Crippen LogP contribution in [-0.2, 0) is 30.2 Å². The molecule has 0 saturated carbocycles. The summed E-state index contributed by atoms with van der Waals surface area (Å²) < 4.78 is 30.5. The van der Waals surface area contributed by atoms with Gasteiger partial charge < -0.3 is 19.5 Å². The van der Waals surface area contributed by atoms with E-state index in [2.05, 4.69) is 5.32 Å². The summed E-state index contributed by atoms with van der Waals surface area (Å²) in [6.45, 7) is 17.3. The number of nitrogens with one attached hydrogen (secondary N) is 1. The zero-order valence-corrected chi connectivity index (χ0v) is 22.8. The fourth-order valence-corrected chi connectivity index (χ4v) is 3.18. The summed E-state index contributed by atoms with van der Waals surface area (Å²) in [5.74, 6) is -2.11. The van der Waals surface area contributed by atoms with E-state index in [9.17, 15) is 18.8 Å². The van der Waals surface area contributed by atoms with Crippen LogP contribution in [0.5, 0.6) is 0 Å². The smallest absolute Gasteiger partial charge is 0.408 e. The Kier molecular flexibility index (Phi) is 10.3. The van der Waals surface area contributed by atoms with Crippen LogP contribution in [0.15, 0.2) is 18.2 Å². The molecule has 1 N–H and O–H groups in total. The molecule has 0 aliphatic rings. The first kappa shape index (κ1) is 30.4. The van der Waals surface area contributed by atoms with Crippen LogP contribution in [0.3, 0.4) is 0 Å². The molecular formula is C27H42FNO6. The maximum absolute atomic E-state index is 14.1. The topological polar surface area (TPSA) is 90.9 Å². The standard InChI is InChI=1S/C27H42FNO6/c1-17-11-12-18(16-20(17)28)15-19(22(30)33-25(2,3)4)13-14-21(23(31)34-26(5,6)7)29-24(32)35-27(8,9)10/h11-12,16,19,21H,13-15H2,1-10H3,(H,29,32). The highest BCUT2D eigenvalue weighted by atomic mass is 19.1. The molecule has 0 saturated heterocycles. The summed E-state index contributed by atoms with van der Waals surface area (Å²) in [4.78, 5) is 38.2. The Balaban J connectivity index is 3.12. The Morgan fingerprint density at radius 1 is 0.829 bits per heavy atom. The summed E-state index contributed by atoms with van der Waals surface area (Å²) in [5, 5.41) is 2.57. The fraction of sp³-hybridized carbons (Fsp3) is 0.667. The largest absolute Gasteiger partial charge is 0.460 e. The van der Waals surface area contributed by atoms with Gasteiger partial charge in [0.05, 0.1) is 5.92 Å². The van der Waals surface area contributed by atoms with Crippen LogP contribution in [0.2, 0.25) is 0 Å². The van der Waals surface area contributed by atoms with Gasteiger partial charge in [-0.05, 0) is 106 Å². The molecule has 7 nitrogen and oxygen atoms in total. The lowest BCUT2D eigenvalue weighted by atomic mass is 9.92. The average Bonchev–Trinajstić information content (AvgIpc) is 2.62. The number of carbonyl (C=O) groups excluding carboxylic acids is 3. The minimum absolute atomic E-state index is 0.104. The maximum Gasteiger partial charge on any atom is 0.408 e. The van der Waals surface area contributed by atoms with E-state index in [-0.39, 0.29) is 25.1 Å². The molecule has 1 amide bonds. The highest BCUT2D eigenvalue weighted by Gasteiger charge is 2.32. The van der Waals surface area contributed by atoms with Crippen molar-refractivity contribution < 1.29 is 33.0 Å². The van der Waals surface area contributed by atoms with Gasteiger partial charge in [-0.25, -0.2) is 14.0 Å². The van der Waals surface area contributed by atoms with Gasteiger partial charge in [-0.1, -0.05) is 12.1 Å². The molecule has 1 aromatic rings. The SMILES string of the molecule is Cc1ccc(CC(CCC(NC(=O)OC(C)(C)C)C(=O)OC(C)(C)C)C(=O)OC(C)(C)C)cc1F. The first-order valence-electron chi connectivity index (χ1n) is 12.0. The van der Waals surface area contributed by atoms with Crippen molar-refractivity contribution in [3.05, 3.63) is 35.1 Å². The quantitative estimate of drug-likeness (QED) is 0.370. The van der Waals surface area contributed by atoms with Crippen molar-refractivity contribution >= 4 is 18.0 Å². The number of amides is 1. The van der Waals surface area contributed by atoms with Crippen molar-refractivity contribution in [1.82, 2.24) is 5.32 Å². The number of halogens is 1. The average molecular weight is 496 g/mol. The van der Waals surface area contributed by atoms with E-state index < -0.39 is 46.8 Å². The Labute approximate surface area is 209 Å². The first-order valence-corrected chi connectivity index (χ1v) is 12.0. The second-order valence-electron chi connectivity index (χ2n) is 11.8. The number of rotatable bonds is 8. The molecule has 0 radical (unpaired) electrons. The second kappa shape index (κ2) is 11.9. The molecule has 2 unspecified atom stereocenters. The molecule has 0 aliphatic heterocycles. The minimum atomic E-state index is -1.04.